The Morgan fingerprint density at radius 1 is 1.10 bits per heavy atom. The Bertz CT molecular complexity index is 401. The predicted molar refractivity (Wildman–Crippen MR) is 75.2 cm³/mol. The van der Waals surface area contributed by atoms with Crippen LogP contribution >= 0.6 is 0 Å². The van der Waals surface area contributed by atoms with Gasteiger partial charge in [0.2, 0.25) is 0 Å². The quantitative estimate of drug-likeness (QED) is 0.461. The zero-order valence-corrected chi connectivity index (χ0v) is 12.9. The molecule has 0 aromatic carbocycles. The highest BCUT2D eigenvalue weighted by Gasteiger charge is 2.32. The second-order valence-electron chi connectivity index (χ2n) is 4.85. The monoisotopic (exact) mass is 308 g/mol. The molecule has 0 saturated heterocycles. The molecule has 6 nitrogen and oxygen atoms in total. The molecule has 118 valence electrons. The van der Waals surface area contributed by atoms with E-state index in [4.69, 9.17) is 9.84 Å². The van der Waals surface area contributed by atoms with Gasteiger partial charge in [-0.1, -0.05) is 39.0 Å². The third-order valence-electron chi connectivity index (χ3n) is 2.88. The molecule has 0 radical (unpaired) electrons. The fourth-order valence-electron chi connectivity index (χ4n) is 1.72. The Hall–Kier alpha value is -1.11. The van der Waals surface area contributed by atoms with Gasteiger partial charge in [0, 0.05) is 6.26 Å². The number of sulfone groups is 1. The van der Waals surface area contributed by atoms with Gasteiger partial charge in [-0.3, -0.25) is 9.59 Å². The molecule has 1 N–H and O–H groups in total. The molecule has 1 unspecified atom stereocenters. The number of hydrogen-bond acceptors (Lipinski definition) is 5. The normalized spacial score (nSPS) is 12.9. The first kappa shape index (κ1) is 18.9. The minimum absolute atomic E-state index is 0.136. The van der Waals surface area contributed by atoms with Crippen molar-refractivity contribution in [1.29, 1.82) is 0 Å². The van der Waals surface area contributed by atoms with Crippen molar-refractivity contribution in [2.75, 3.05) is 12.9 Å². The van der Waals surface area contributed by atoms with E-state index in [1.165, 1.54) is 6.42 Å². The Balaban J connectivity index is 4.06. The van der Waals surface area contributed by atoms with Crippen LogP contribution in [0.2, 0.25) is 0 Å². The molecule has 0 aliphatic carbocycles. The second kappa shape index (κ2) is 9.74. The molecular formula is C13H24O6S. The molecule has 0 spiro atoms. The molecule has 0 heterocycles. The fraction of sp³-hybridized carbons (Fsp3) is 0.846. The van der Waals surface area contributed by atoms with Crippen LogP contribution in [0.5, 0.6) is 0 Å². The van der Waals surface area contributed by atoms with Gasteiger partial charge >= 0.3 is 11.9 Å². The number of carboxylic acid groups (broad SMARTS) is 1. The number of hydrogen-bond donors (Lipinski definition) is 1. The van der Waals surface area contributed by atoms with Crippen LogP contribution in [0.4, 0.5) is 0 Å². The van der Waals surface area contributed by atoms with Crippen molar-refractivity contribution in [3.63, 3.8) is 0 Å². The maximum atomic E-state index is 11.6. The Morgan fingerprint density at radius 2 is 1.65 bits per heavy atom. The van der Waals surface area contributed by atoms with Gasteiger partial charge < -0.3 is 9.84 Å². The van der Waals surface area contributed by atoms with E-state index in [-0.39, 0.29) is 6.61 Å². The standard InChI is InChI=1S/C13H24O6S/c1-3-4-5-6-7-8-9-19-13(16)11(10-12(14)15)20(2,17)18/h11H,3-10H2,1-2H3,(H,14,15). The van der Waals surface area contributed by atoms with E-state index in [2.05, 4.69) is 6.92 Å². The molecule has 0 saturated carbocycles. The number of ether oxygens (including phenoxy) is 1. The summed E-state index contributed by atoms with van der Waals surface area (Å²) < 4.78 is 27.6. The maximum Gasteiger partial charge on any atom is 0.324 e. The Labute approximate surface area is 120 Å². The zero-order valence-electron chi connectivity index (χ0n) is 12.1. The summed E-state index contributed by atoms with van der Waals surface area (Å²) in [5, 5.41) is 7.00. The zero-order chi connectivity index (χ0) is 15.6. The highest BCUT2D eigenvalue weighted by Crippen LogP contribution is 2.09. The van der Waals surface area contributed by atoms with E-state index < -0.39 is 33.4 Å². The smallest absolute Gasteiger partial charge is 0.324 e. The molecule has 0 fully saturated rings. The number of rotatable bonds is 11. The van der Waals surface area contributed by atoms with E-state index >= 15 is 0 Å². The lowest BCUT2D eigenvalue weighted by Crippen LogP contribution is -2.33. The number of esters is 1. The number of carboxylic acids is 1. The molecular weight excluding hydrogens is 284 g/mol. The predicted octanol–water partition coefficient (Wildman–Crippen LogP) is 1.78. The number of carbonyl (C=O) groups excluding carboxylic acids is 1. The minimum Gasteiger partial charge on any atom is -0.481 e. The van der Waals surface area contributed by atoms with Crippen LogP contribution in [-0.2, 0) is 24.2 Å². The summed E-state index contributed by atoms with van der Waals surface area (Å²) in [7, 11) is -3.77. The average Bonchev–Trinajstić information content (AvgIpc) is 2.33. The average molecular weight is 308 g/mol. The largest absolute Gasteiger partial charge is 0.481 e. The van der Waals surface area contributed by atoms with Crippen LogP contribution in [0.25, 0.3) is 0 Å². The van der Waals surface area contributed by atoms with Crippen molar-refractivity contribution in [3.05, 3.63) is 0 Å². The third-order valence-corrected chi connectivity index (χ3v) is 4.27. The summed E-state index contributed by atoms with van der Waals surface area (Å²) in [6.45, 7) is 2.26. The van der Waals surface area contributed by atoms with Crippen LogP contribution in [-0.4, -0.2) is 43.6 Å². The summed E-state index contributed by atoms with van der Waals surface area (Å²) in [6, 6.07) is 0. The lowest BCUT2D eigenvalue weighted by Gasteiger charge is -2.12. The first-order valence-electron chi connectivity index (χ1n) is 6.86. The van der Waals surface area contributed by atoms with Crippen molar-refractivity contribution in [3.8, 4) is 0 Å². The minimum atomic E-state index is -3.77. The van der Waals surface area contributed by atoms with Crippen LogP contribution in [0.15, 0.2) is 0 Å². The van der Waals surface area contributed by atoms with Crippen LogP contribution in [0.1, 0.15) is 51.9 Å². The summed E-state index contributed by atoms with van der Waals surface area (Å²) in [5.41, 5.74) is 0. The first-order valence-corrected chi connectivity index (χ1v) is 8.81. The molecule has 0 bridgehead atoms. The molecule has 0 aliphatic rings. The van der Waals surface area contributed by atoms with Crippen molar-refractivity contribution in [1.82, 2.24) is 0 Å². The van der Waals surface area contributed by atoms with E-state index in [1.54, 1.807) is 0 Å². The van der Waals surface area contributed by atoms with Crippen LogP contribution in [0, 0.1) is 0 Å². The van der Waals surface area contributed by atoms with E-state index in [0.717, 1.165) is 31.9 Å². The first-order chi connectivity index (χ1) is 9.29. The SMILES string of the molecule is CCCCCCCCOC(=O)C(CC(=O)O)S(C)(=O)=O. The van der Waals surface area contributed by atoms with Gasteiger partial charge in [-0.05, 0) is 6.42 Å². The van der Waals surface area contributed by atoms with Crippen molar-refractivity contribution >= 4 is 21.8 Å². The lowest BCUT2D eigenvalue weighted by atomic mass is 10.1. The van der Waals surface area contributed by atoms with Crippen molar-refractivity contribution in [2.24, 2.45) is 0 Å². The molecule has 20 heavy (non-hydrogen) atoms. The second-order valence-corrected chi connectivity index (χ2v) is 7.08. The summed E-state index contributed by atoms with van der Waals surface area (Å²) >= 11 is 0. The van der Waals surface area contributed by atoms with E-state index in [0.29, 0.717) is 6.42 Å². The fourth-order valence-corrected chi connectivity index (χ4v) is 2.58. The van der Waals surface area contributed by atoms with Crippen molar-refractivity contribution in [2.45, 2.75) is 57.1 Å². The van der Waals surface area contributed by atoms with Gasteiger partial charge in [0.25, 0.3) is 0 Å². The summed E-state index contributed by atoms with van der Waals surface area (Å²) in [4.78, 5) is 22.2. The maximum absolute atomic E-state index is 11.6. The molecule has 0 amide bonds. The molecule has 7 heteroatoms. The van der Waals surface area contributed by atoms with Gasteiger partial charge in [0.1, 0.15) is 0 Å². The molecule has 0 aromatic rings. The number of aliphatic carboxylic acids is 1. The number of unbranched alkanes of at least 4 members (excludes halogenated alkanes) is 5. The van der Waals surface area contributed by atoms with E-state index in [1.807, 2.05) is 0 Å². The topological polar surface area (TPSA) is 97.7 Å². The number of carbonyl (C=O) groups is 2. The van der Waals surface area contributed by atoms with Crippen LogP contribution in [0.3, 0.4) is 0 Å². The van der Waals surface area contributed by atoms with Gasteiger partial charge in [0.15, 0.2) is 15.1 Å². The highest BCUT2D eigenvalue weighted by molar-refractivity contribution is 7.92. The Morgan fingerprint density at radius 3 is 2.15 bits per heavy atom. The van der Waals surface area contributed by atoms with Gasteiger partial charge in [0.05, 0.1) is 13.0 Å². The Kier molecular flexibility index (Phi) is 9.20. The highest BCUT2D eigenvalue weighted by atomic mass is 32.2. The van der Waals surface area contributed by atoms with Crippen LogP contribution < -0.4 is 0 Å². The van der Waals surface area contributed by atoms with Gasteiger partial charge in [-0.2, -0.15) is 0 Å². The van der Waals surface area contributed by atoms with Crippen molar-refractivity contribution < 1.29 is 27.9 Å². The summed E-state index contributed by atoms with van der Waals surface area (Å²) in [5.74, 6) is -2.31. The third kappa shape index (κ3) is 8.90. The lowest BCUT2D eigenvalue weighted by molar-refractivity contribution is -0.147. The summed E-state index contributed by atoms with van der Waals surface area (Å²) in [6.07, 6.45) is 6.18. The molecule has 0 rings (SSSR count). The van der Waals surface area contributed by atoms with Gasteiger partial charge in [-0.15, -0.1) is 0 Å². The molecule has 1 atom stereocenters. The van der Waals surface area contributed by atoms with Gasteiger partial charge in [-0.25, -0.2) is 8.42 Å². The molecule has 0 aliphatic heterocycles. The molecule has 0 aromatic heterocycles. The van der Waals surface area contributed by atoms with E-state index in [9.17, 15) is 18.0 Å².